The van der Waals surface area contributed by atoms with Gasteiger partial charge < -0.3 is 10.3 Å². The Hall–Kier alpha value is -4.26. The van der Waals surface area contributed by atoms with Crippen LogP contribution < -0.4 is 10.9 Å². The third-order valence-electron chi connectivity index (χ3n) is 5.46. The van der Waals surface area contributed by atoms with Crippen LogP contribution in [0.1, 0.15) is 23.1 Å². The fraction of sp³-hybridized carbons (Fsp3) is 0.120. The van der Waals surface area contributed by atoms with Gasteiger partial charge in [0.15, 0.2) is 0 Å². The van der Waals surface area contributed by atoms with Crippen molar-refractivity contribution in [3.05, 3.63) is 106 Å². The monoisotopic (exact) mass is 423 g/mol. The summed E-state index contributed by atoms with van der Waals surface area (Å²) in [5.74, 6) is 0.499. The van der Waals surface area contributed by atoms with Gasteiger partial charge in [-0.1, -0.05) is 60.7 Å². The van der Waals surface area contributed by atoms with Crippen LogP contribution >= 0.6 is 0 Å². The second-order valence-electron chi connectivity index (χ2n) is 7.67. The molecule has 0 saturated heterocycles. The van der Waals surface area contributed by atoms with Crippen molar-refractivity contribution in [2.24, 2.45) is 0 Å². The first-order valence-electron chi connectivity index (χ1n) is 10.4. The summed E-state index contributed by atoms with van der Waals surface area (Å²) in [5.41, 5.74) is 3.12. The van der Waals surface area contributed by atoms with Crippen LogP contribution in [0, 0.1) is 0 Å². The van der Waals surface area contributed by atoms with E-state index in [1.807, 2.05) is 60.7 Å². The van der Waals surface area contributed by atoms with E-state index in [9.17, 15) is 9.59 Å². The van der Waals surface area contributed by atoms with Crippen LogP contribution in [0.4, 0.5) is 0 Å². The molecule has 1 amide bonds. The molecule has 158 valence electrons. The van der Waals surface area contributed by atoms with Crippen LogP contribution in [0.2, 0.25) is 0 Å². The van der Waals surface area contributed by atoms with E-state index in [0.29, 0.717) is 28.7 Å². The zero-order valence-corrected chi connectivity index (χ0v) is 17.2. The zero-order valence-electron chi connectivity index (χ0n) is 17.2. The van der Waals surface area contributed by atoms with Gasteiger partial charge >= 0.3 is 0 Å². The molecule has 3 N–H and O–H groups in total. The number of H-pyrrole nitrogens is 2. The molecule has 0 aliphatic heterocycles. The molecule has 5 rings (SSSR count). The van der Waals surface area contributed by atoms with E-state index < -0.39 is 0 Å². The molecule has 5 aromatic rings. The van der Waals surface area contributed by atoms with Gasteiger partial charge in [0.1, 0.15) is 5.82 Å². The Labute approximate surface area is 183 Å². The minimum absolute atomic E-state index is 0.0445. The quantitative estimate of drug-likeness (QED) is 0.389. The number of amides is 1. The number of rotatable bonds is 6. The predicted molar refractivity (Wildman–Crippen MR) is 123 cm³/mol. The largest absolute Gasteiger partial charge is 0.345 e. The van der Waals surface area contributed by atoms with Crippen LogP contribution in [0.25, 0.3) is 21.8 Å². The summed E-state index contributed by atoms with van der Waals surface area (Å²) in [7, 11) is 0. The second-order valence-corrected chi connectivity index (χ2v) is 7.67. The number of hydrogen-bond acceptors (Lipinski definition) is 4. The molecule has 1 atom stereocenters. The highest BCUT2D eigenvalue weighted by Gasteiger charge is 2.20. The minimum atomic E-state index is -0.341. The van der Waals surface area contributed by atoms with E-state index in [2.05, 4.69) is 20.5 Å². The summed E-state index contributed by atoms with van der Waals surface area (Å²) in [6.45, 7) is 0. The highest BCUT2D eigenvalue weighted by molar-refractivity contribution is 5.88. The fourth-order valence-electron chi connectivity index (χ4n) is 3.91. The van der Waals surface area contributed by atoms with Gasteiger partial charge in [-0.2, -0.15) is 5.10 Å². The normalized spacial score (nSPS) is 12.1. The SMILES string of the molecule is O=C(Cc1n[nH]c(=O)c2ccccc12)N[C@H](Cc1ccccc1)c1nc2ccccc2[nH]1. The molecule has 0 spiro atoms. The molecule has 0 aliphatic carbocycles. The molecule has 0 aliphatic rings. The van der Waals surface area contributed by atoms with E-state index >= 15 is 0 Å². The average molecular weight is 423 g/mol. The Morgan fingerprint density at radius 3 is 2.44 bits per heavy atom. The van der Waals surface area contributed by atoms with Crippen molar-refractivity contribution in [3.8, 4) is 0 Å². The molecule has 0 fully saturated rings. The first kappa shape index (κ1) is 19.7. The maximum Gasteiger partial charge on any atom is 0.272 e. The number of benzene rings is 3. The lowest BCUT2D eigenvalue weighted by Gasteiger charge is -2.17. The number of aromatic nitrogens is 4. The summed E-state index contributed by atoms with van der Waals surface area (Å²) in [4.78, 5) is 33.1. The smallest absolute Gasteiger partial charge is 0.272 e. The lowest BCUT2D eigenvalue weighted by Crippen LogP contribution is -2.32. The molecule has 0 unspecified atom stereocenters. The highest BCUT2D eigenvalue weighted by atomic mass is 16.1. The van der Waals surface area contributed by atoms with Crippen LogP contribution in [-0.4, -0.2) is 26.1 Å². The number of carbonyl (C=O) groups is 1. The van der Waals surface area contributed by atoms with Gasteiger partial charge in [-0.3, -0.25) is 9.59 Å². The van der Waals surface area contributed by atoms with Crippen molar-refractivity contribution in [1.29, 1.82) is 0 Å². The number of imidazole rings is 1. The highest BCUT2D eigenvalue weighted by Crippen LogP contribution is 2.20. The second kappa shape index (κ2) is 8.47. The summed E-state index contributed by atoms with van der Waals surface area (Å²) in [6.07, 6.45) is 0.634. The lowest BCUT2D eigenvalue weighted by atomic mass is 10.0. The number of aromatic amines is 2. The Morgan fingerprint density at radius 1 is 0.906 bits per heavy atom. The van der Waals surface area contributed by atoms with Gasteiger partial charge in [0.2, 0.25) is 5.91 Å². The summed E-state index contributed by atoms with van der Waals surface area (Å²) >= 11 is 0. The molecular weight excluding hydrogens is 402 g/mol. The van der Waals surface area contributed by atoms with Gasteiger partial charge in [-0.15, -0.1) is 0 Å². The van der Waals surface area contributed by atoms with E-state index in [-0.39, 0.29) is 23.9 Å². The number of fused-ring (bicyclic) bond motifs is 2. The third-order valence-corrected chi connectivity index (χ3v) is 5.46. The number of nitrogens with zero attached hydrogens (tertiary/aromatic N) is 2. The van der Waals surface area contributed by atoms with Crippen molar-refractivity contribution in [2.45, 2.75) is 18.9 Å². The molecule has 0 saturated carbocycles. The van der Waals surface area contributed by atoms with Crippen molar-refractivity contribution >= 4 is 27.7 Å². The van der Waals surface area contributed by atoms with Crippen LogP contribution in [0.5, 0.6) is 0 Å². The Bertz CT molecular complexity index is 1420. The van der Waals surface area contributed by atoms with Gasteiger partial charge in [-0.05, 0) is 30.2 Å². The maximum absolute atomic E-state index is 13.0. The van der Waals surface area contributed by atoms with Gasteiger partial charge in [0.25, 0.3) is 5.56 Å². The molecule has 0 radical (unpaired) electrons. The topological polar surface area (TPSA) is 104 Å². The molecule has 2 heterocycles. The molecule has 0 bridgehead atoms. The Morgan fingerprint density at radius 2 is 1.62 bits per heavy atom. The molecule has 3 aromatic carbocycles. The Balaban J connectivity index is 1.44. The van der Waals surface area contributed by atoms with Crippen molar-refractivity contribution in [3.63, 3.8) is 0 Å². The van der Waals surface area contributed by atoms with E-state index in [0.717, 1.165) is 16.6 Å². The van der Waals surface area contributed by atoms with Crippen molar-refractivity contribution < 1.29 is 4.79 Å². The zero-order chi connectivity index (χ0) is 21.9. The van der Waals surface area contributed by atoms with Gasteiger partial charge in [-0.25, -0.2) is 10.1 Å². The van der Waals surface area contributed by atoms with Crippen LogP contribution in [0.15, 0.2) is 83.7 Å². The molecule has 32 heavy (non-hydrogen) atoms. The summed E-state index contributed by atoms with van der Waals surface area (Å²) < 4.78 is 0. The minimum Gasteiger partial charge on any atom is -0.345 e. The lowest BCUT2D eigenvalue weighted by molar-refractivity contribution is -0.121. The molecule has 7 heteroatoms. The van der Waals surface area contributed by atoms with Crippen LogP contribution in [0.3, 0.4) is 0 Å². The van der Waals surface area contributed by atoms with Gasteiger partial charge in [0, 0.05) is 5.39 Å². The van der Waals surface area contributed by atoms with Gasteiger partial charge in [0.05, 0.1) is 34.6 Å². The Kier molecular flexibility index (Phi) is 5.21. The first-order chi connectivity index (χ1) is 15.7. The number of nitrogens with one attached hydrogen (secondary N) is 3. The number of para-hydroxylation sites is 2. The molecule has 7 nitrogen and oxygen atoms in total. The number of carbonyl (C=O) groups excluding carboxylic acids is 1. The van der Waals surface area contributed by atoms with E-state index in [4.69, 9.17) is 4.98 Å². The standard InChI is InChI=1S/C25H21N5O2/c31-23(15-21-17-10-4-5-11-18(17)25(32)30-29-21)26-22(14-16-8-2-1-3-9-16)24-27-19-12-6-7-13-20(19)28-24/h1-13,22H,14-15H2,(H,26,31)(H,27,28)(H,30,32)/t22-/m1/s1. The number of hydrogen-bond donors (Lipinski definition) is 3. The maximum atomic E-state index is 13.0. The van der Waals surface area contributed by atoms with Crippen molar-refractivity contribution in [2.75, 3.05) is 0 Å². The fourth-order valence-corrected chi connectivity index (χ4v) is 3.91. The molecular formula is C25H21N5O2. The first-order valence-corrected chi connectivity index (χ1v) is 10.4. The third kappa shape index (κ3) is 4.00. The molecule has 2 aromatic heterocycles. The summed E-state index contributed by atoms with van der Waals surface area (Å²) in [6, 6.07) is 24.6. The van der Waals surface area contributed by atoms with E-state index in [1.54, 1.807) is 18.2 Å². The average Bonchev–Trinajstić information content (AvgIpc) is 3.26. The summed E-state index contributed by atoms with van der Waals surface area (Å²) in [5, 5.41) is 10.9. The van der Waals surface area contributed by atoms with E-state index in [1.165, 1.54) is 0 Å². The van der Waals surface area contributed by atoms with Crippen LogP contribution in [-0.2, 0) is 17.6 Å². The van der Waals surface area contributed by atoms with Crippen molar-refractivity contribution in [1.82, 2.24) is 25.5 Å². The predicted octanol–water partition coefficient (Wildman–Crippen LogP) is 3.44.